The summed E-state index contributed by atoms with van der Waals surface area (Å²) in [4.78, 5) is 30.5. The van der Waals surface area contributed by atoms with Crippen molar-refractivity contribution in [2.45, 2.75) is 19.3 Å². The second-order valence-corrected chi connectivity index (χ2v) is 3.10. The maximum absolute atomic E-state index is 10.9. The number of hydrogen-bond acceptors (Lipinski definition) is 4. The smallest absolute Gasteiger partial charge is 0.327 e. The van der Waals surface area contributed by atoms with Crippen LogP contribution >= 0.6 is 0 Å². The largest absolute Gasteiger partial charge is 0.481 e. The van der Waals surface area contributed by atoms with E-state index in [0.29, 0.717) is 13.0 Å². The number of aliphatic carboxylic acids is 2. The molecule has 1 heterocycles. The molecule has 0 radical (unpaired) electrons. The van der Waals surface area contributed by atoms with Crippen LogP contribution in [0.1, 0.15) is 19.3 Å². The summed E-state index contributed by atoms with van der Waals surface area (Å²) in [7, 11) is 0. The normalized spacial score (nSPS) is 19.5. The molecule has 1 saturated heterocycles. The molecule has 6 nitrogen and oxygen atoms in total. The van der Waals surface area contributed by atoms with Crippen molar-refractivity contribution < 1.29 is 29.3 Å². The number of cyclic esters (lactones) is 1. The molecule has 2 N–H and O–H groups in total. The van der Waals surface area contributed by atoms with Crippen molar-refractivity contribution in [3.05, 3.63) is 12.7 Å². The van der Waals surface area contributed by atoms with Crippen LogP contribution in [0.3, 0.4) is 0 Å². The van der Waals surface area contributed by atoms with Gasteiger partial charge in [-0.1, -0.05) is 6.58 Å². The van der Waals surface area contributed by atoms with Gasteiger partial charge in [-0.25, -0.2) is 4.79 Å². The van der Waals surface area contributed by atoms with E-state index in [1.807, 2.05) is 0 Å². The van der Waals surface area contributed by atoms with E-state index in [-0.39, 0.29) is 0 Å². The molecule has 16 heavy (non-hydrogen) atoms. The summed E-state index contributed by atoms with van der Waals surface area (Å²) in [5.74, 6) is -3.57. The highest BCUT2D eigenvalue weighted by Crippen LogP contribution is 2.15. The molecule has 1 aliphatic heterocycles. The Bertz CT molecular complexity index is 283. The zero-order valence-corrected chi connectivity index (χ0v) is 8.72. The lowest BCUT2D eigenvalue weighted by Crippen LogP contribution is -2.23. The number of rotatable bonds is 2. The summed E-state index contributed by atoms with van der Waals surface area (Å²) >= 11 is 0. The van der Waals surface area contributed by atoms with Crippen LogP contribution in [0.4, 0.5) is 0 Å². The first-order chi connectivity index (χ1) is 7.49. The molecule has 0 aliphatic carbocycles. The molecule has 90 valence electrons. The zero-order valence-electron chi connectivity index (χ0n) is 8.72. The Morgan fingerprint density at radius 1 is 1.38 bits per heavy atom. The minimum absolute atomic E-state index is 0.364. The van der Waals surface area contributed by atoms with E-state index in [2.05, 4.69) is 11.3 Å². The van der Waals surface area contributed by atoms with E-state index in [1.165, 1.54) is 0 Å². The molecule has 0 aromatic rings. The van der Waals surface area contributed by atoms with Gasteiger partial charge in [0.05, 0.1) is 6.61 Å². The van der Waals surface area contributed by atoms with Gasteiger partial charge in [-0.15, -0.1) is 0 Å². The fraction of sp³-hybridized carbons (Fsp3) is 0.500. The summed E-state index contributed by atoms with van der Waals surface area (Å²) in [5.41, 5.74) is 0. The fourth-order valence-electron chi connectivity index (χ4n) is 1.07. The molecule has 0 bridgehead atoms. The van der Waals surface area contributed by atoms with E-state index in [9.17, 15) is 14.4 Å². The lowest BCUT2D eigenvalue weighted by Gasteiger charge is -2.04. The number of carbonyl (C=O) groups excluding carboxylic acids is 1. The molecule has 0 aromatic carbocycles. The molecule has 1 fully saturated rings. The Morgan fingerprint density at radius 2 is 1.94 bits per heavy atom. The Balaban J connectivity index is 0.000000385. The monoisotopic (exact) mass is 230 g/mol. The van der Waals surface area contributed by atoms with Crippen molar-refractivity contribution in [1.82, 2.24) is 0 Å². The Hall–Kier alpha value is -1.85. The average Bonchev–Trinajstić information content (AvgIpc) is 2.43. The predicted octanol–water partition coefficient (Wildman–Crippen LogP) is 0.671. The van der Waals surface area contributed by atoms with Crippen LogP contribution in [0.25, 0.3) is 0 Å². The topological polar surface area (TPSA) is 101 Å². The molecule has 0 spiro atoms. The van der Waals surface area contributed by atoms with Gasteiger partial charge < -0.3 is 14.9 Å². The molecule has 6 heteroatoms. The predicted molar refractivity (Wildman–Crippen MR) is 53.8 cm³/mol. The molecule has 0 saturated carbocycles. The first-order valence-corrected chi connectivity index (χ1v) is 4.73. The first kappa shape index (κ1) is 14.2. The number of hydrogen-bond donors (Lipinski definition) is 2. The number of carboxylic acids is 2. The van der Waals surface area contributed by atoms with Crippen LogP contribution in [-0.2, 0) is 19.1 Å². The lowest BCUT2D eigenvalue weighted by atomic mass is 10.0. The van der Waals surface area contributed by atoms with Crippen molar-refractivity contribution in [1.29, 1.82) is 0 Å². The first-order valence-electron chi connectivity index (χ1n) is 4.73. The van der Waals surface area contributed by atoms with Gasteiger partial charge >= 0.3 is 17.9 Å². The summed E-state index contributed by atoms with van der Waals surface area (Å²) in [6, 6.07) is 0. The van der Waals surface area contributed by atoms with Gasteiger partial charge in [0.25, 0.3) is 0 Å². The van der Waals surface area contributed by atoms with Crippen molar-refractivity contribution in [2.75, 3.05) is 6.61 Å². The van der Waals surface area contributed by atoms with Gasteiger partial charge in [0.15, 0.2) is 5.92 Å². The van der Waals surface area contributed by atoms with Crippen molar-refractivity contribution in [3.63, 3.8) is 0 Å². The lowest BCUT2D eigenvalue weighted by molar-refractivity contribution is -0.157. The quantitative estimate of drug-likeness (QED) is 0.411. The summed E-state index contributed by atoms with van der Waals surface area (Å²) in [6.45, 7) is 3.32. The van der Waals surface area contributed by atoms with E-state index in [0.717, 1.165) is 18.9 Å². The third-order valence-corrected chi connectivity index (χ3v) is 1.89. The number of carboxylic acid groups (broad SMARTS) is 2. The second kappa shape index (κ2) is 7.44. The third kappa shape index (κ3) is 5.79. The second-order valence-electron chi connectivity index (χ2n) is 3.10. The molecule has 1 rings (SSSR count). The Morgan fingerprint density at radius 3 is 2.38 bits per heavy atom. The average molecular weight is 230 g/mol. The maximum atomic E-state index is 10.9. The van der Waals surface area contributed by atoms with Gasteiger partial charge in [0.2, 0.25) is 0 Å². The Kier molecular flexibility index (Phi) is 6.58. The van der Waals surface area contributed by atoms with E-state index in [4.69, 9.17) is 10.2 Å². The molecule has 1 unspecified atom stereocenters. The van der Waals surface area contributed by atoms with Gasteiger partial charge in [0.1, 0.15) is 0 Å². The van der Waals surface area contributed by atoms with Gasteiger partial charge in [0, 0.05) is 6.08 Å². The van der Waals surface area contributed by atoms with Crippen LogP contribution in [0.5, 0.6) is 0 Å². The number of ether oxygens (including phenoxy) is 1. The van der Waals surface area contributed by atoms with Gasteiger partial charge in [-0.3, -0.25) is 9.59 Å². The molecular weight excluding hydrogens is 216 g/mol. The van der Waals surface area contributed by atoms with Gasteiger partial charge in [-0.05, 0) is 19.3 Å². The Labute approximate surface area is 92.5 Å². The number of esters is 1. The molecule has 0 aromatic heterocycles. The van der Waals surface area contributed by atoms with Crippen LogP contribution in [0.2, 0.25) is 0 Å². The zero-order chi connectivity index (χ0) is 12.6. The SMILES string of the molecule is C=CC(=O)O.O=C(O)C1CCCCOC1=O. The molecule has 1 atom stereocenters. The van der Waals surface area contributed by atoms with Crippen LogP contribution in [0.15, 0.2) is 12.7 Å². The highest BCUT2D eigenvalue weighted by atomic mass is 16.5. The van der Waals surface area contributed by atoms with Crippen molar-refractivity contribution in [2.24, 2.45) is 5.92 Å². The molecular formula is C10H14O6. The van der Waals surface area contributed by atoms with Gasteiger partial charge in [-0.2, -0.15) is 0 Å². The summed E-state index contributed by atoms with van der Waals surface area (Å²) in [5, 5.41) is 16.1. The van der Waals surface area contributed by atoms with Crippen LogP contribution in [-0.4, -0.2) is 34.7 Å². The fourth-order valence-corrected chi connectivity index (χ4v) is 1.07. The minimum atomic E-state index is -1.07. The standard InChI is InChI=1S/C7H10O4.C3H4O2/c8-6(9)5-3-1-2-4-11-7(5)10;1-2-3(4)5/h5H,1-4H2,(H,8,9);2H,1H2,(H,4,5). The highest BCUT2D eigenvalue weighted by molar-refractivity contribution is 5.93. The van der Waals surface area contributed by atoms with Crippen molar-refractivity contribution in [3.8, 4) is 0 Å². The maximum Gasteiger partial charge on any atom is 0.327 e. The summed E-state index contributed by atoms with van der Waals surface area (Å²) in [6.07, 6.45) is 2.77. The highest BCUT2D eigenvalue weighted by Gasteiger charge is 2.28. The summed E-state index contributed by atoms with van der Waals surface area (Å²) < 4.78 is 4.66. The molecule has 1 aliphatic rings. The van der Waals surface area contributed by atoms with E-state index in [1.54, 1.807) is 0 Å². The van der Waals surface area contributed by atoms with Crippen molar-refractivity contribution >= 4 is 17.9 Å². The molecule has 0 amide bonds. The van der Waals surface area contributed by atoms with E-state index < -0.39 is 23.8 Å². The minimum Gasteiger partial charge on any atom is -0.481 e. The van der Waals surface area contributed by atoms with E-state index >= 15 is 0 Å². The van der Waals surface area contributed by atoms with Crippen LogP contribution in [0, 0.1) is 5.92 Å². The third-order valence-electron chi connectivity index (χ3n) is 1.89. The number of carbonyl (C=O) groups is 3. The van der Waals surface area contributed by atoms with Crippen LogP contribution < -0.4 is 0 Å².